The highest BCUT2D eigenvalue weighted by Crippen LogP contribution is 2.41. The number of aryl methyl sites for hydroxylation is 2. The van der Waals surface area contributed by atoms with Crippen molar-refractivity contribution in [1.82, 2.24) is 4.98 Å². The van der Waals surface area contributed by atoms with Crippen LogP contribution in [0.15, 0.2) is 65.5 Å². The van der Waals surface area contributed by atoms with Gasteiger partial charge < -0.3 is 10.6 Å². The molecule has 6 heteroatoms. The van der Waals surface area contributed by atoms with E-state index in [1.807, 2.05) is 48.7 Å². The van der Waals surface area contributed by atoms with Gasteiger partial charge in [-0.15, -0.1) is 11.3 Å². The number of aromatic nitrogens is 1. The van der Waals surface area contributed by atoms with Crippen molar-refractivity contribution in [2.45, 2.75) is 26.8 Å². The lowest BCUT2D eigenvalue weighted by Crippen LogP contribution is -2.17. The Morgan fingerprint density at radius 1 is 1.07 bits per heavy atom. The second-order valence-electron chi connectivity index (χ2n) is 7.20. The molecule has 1 unspecified atom stereocenters. The molecule has 0 aliphatic heterocycles. The first kappa shape index (κ1) is 20.3. The molecule has 0 aliphatic carbocycles. The van der Waals surface area contributed by atoms with Gasteiger partial charge in [-0.3, -0.25) is 4.79 Å². The van der Waals surface area contributed by atoms with Crippen molar-refractivity contribution < 1.29 is 4.79 Å². The summed E-state index contributed by atoms with van der Waals surface area (Å²) in [6.45, 7) is 6.26. The van der Waals surface area contributed by atoms with Crippen molar-refractivity contribution in [2.24, 2.45) is 0 Å². The molecular formula is C24H23N3OS2. The molecule has 2 N–H and O–H groups in total. The maximum Gasteiger partial charge on any atom is 0.256 e. The number of carbonyl (C=O) groups is 1. The number of nitrogens with zero attached hydrogens (tertiary/aromatic N) is 1. The Labute approximate surface area is 184 Å². The standard InChI is InChI=1S/C24H23N3OS2/c1-15-9-11-25-20(13-15)26-22(19-10-12-29-14-19)21-16(2)17(3)30-24(21)27-23(28)18-7-5-4-6-8-18/h4-14,22H,1-3H3,(H,25,26)(H,27,28). The molecule has 0 radical (unpaired) electrons. The van der Waals surface area contributed by atoms with Gasteiger partial charge in [-0.2, -0.15) is 11.3 Å². The minimum atomic E-state index is -0.110. The number of thiophene rings is 2. The highest BCUT2D eigenvalue weighted by Gasteiger charge is 2.25. The topological polar surface area (TPSA) is 54.0 Å². The van der Waals surface area contributed by atoms with Gasteiger partial charge in [0.25, 0.3) is 5.91 Å². The predicted molar refractivity (Wildman–Crippen MR) is 127 cm³/mol. The molecular weight excluding hydrogens is 410 g/mol. The van der Waals surface area contributed by atoms with Crippen LogP contribution < -0.4 is 10.6 Å². The smallest absolute Gasteiger partial charge is 0.256 e. The second kappa shape index (κ2) is 8.81. The Kier molecular flexibility index (Phi) is 5.97. The molecule has 4 nitrogen and oxygen atoms in total. The average Bonchev–Trinajstić information content (AvgIpc) is 3.36. The highest BCUT2D eigenvalue weighted by molar-refractivity contribution is 7.16. The number of nitrogens with one attached hydrogen (secondary N) is 2. The van der Waals surface area contributed by atoms with E-state index >= 15 is 0 Å². The SMILES string of the molecule is Cc1ccnc(NC(c2ccsc2)c2c(NC(=O)c3ccccc3)sc(C)c2C)c1. The molecule has 4 rings (SSSR count). The first-order chi connectivity index (χ1) is 14.5. The van der Waals surface area contributed by atoms with E-state index in [0.717, 1.165) is 27.5 Å². The van der Waals surface area contributed by atoms with Crippen LogP contribution in [0.4, 0.5) is 10.8 Å². The van der Waals surface area contributed by atoms with E-state index < -0.39 is 0 Å². The number of rotatable bonds is 6. The van der Waals surface area contributed by atoms with Crippen LogP contribution in [-0.2, 0) is 0 Å². The fourth-order valence-corrected chi connectivity index (χ4v) is 5.15. The van der Waals surface area contributed by atoms with Crippen LogP contribution in [0.5, 0.6) is 0 Å². The lowest BCUT2D eigenvalue weighted by molar-refractivity contribution is 0.102. The second-order valence-corrected chi connectivity index (χ2v) is 9.20. The third-order valence-corrected chi connectivity index (χ3v) is 6.91. The zero-order chi connectivity index (χ0) is 21.1. The normalized spacial score (nSPS) is 11.8. The van der Waals surface area contributed by atoms with Crippen LogP contribution in [0.2, 0.25) is 0 Å². The van der Waals surface area contributed by atoms with Crippen molar-refractivity contribution in [2.75, 3.05) is 10.6 Å². The first-order valence-corrected chi connectivity index (χ1v) is 11.5. The molecule has 3 heterocycles. The maximum absolute atomic E-state index is 12.9. The Morgan fingerprint density at radius 3 is 2.57 bits per heavy atom. The van der Waals surface area contributed by atoms with E-state index in [1.54, 1.807) is 22.7 Å². The summed E-state index contributed by atoms with van der Waals surface area (Å²) in [4.78, 5) is 18.5. The van der Waals surface area contributed by atoms with E-state index in [9.17, 15) is 4.79 Å². The fourth-order valence-electron chi connectivity index (χ4n) is 3.37. The van der Waals surface area contributed by atoms with Gasteiger partial charge in [0.1, 0.15) is 10.8 Å². The Bertz CT molecular complexity index is 1150. The molecule has 30 heavy (non-hydrogen) atoms. The number of benzene rings is 1. The van der Waals surface area contributed by atoms with E-state index in [2.05, 4.69) is 53.2 Å². The Morgan fingerprint density at radius 2 is 1.87 bits per heavy atom. The number of hydrogen-bond acceptors (Lipinski definition) is 5. The fraction of sp³-hybridized carbons (Fsp3) is 0.167. The average molecular weight is 434 g/mol. The number of anilines is 2. The van der Waals surface area contributed by atoms with Crippen LogP contribution in [0.1, 0.15) is 43.5 Å². The molecule has 1 atom stereocenters. The van der Waals surface area contributed by atoms with E-state index in [-0.39, 0.29) is 11.9 Å². The summed E-state index contributed by atoms with van der Waals surface area (Å²) in [6.07, 6.45) is 1.81. The number of amides is 1. The van der Waals surface area contributed by atoms with Gasteiger partial charge >= 0.3 is 0 Å². The van der Waals surface area contributed by atoms with E-state index in [0.29, 0.717) is 5.56 Å². The molecule has 1 amide bonds. The van der Waals surface area contributed by atoms with Crippen molar-refractivity contribution in [3.8, 4) is 0 Å². The van der Waals surface area contributed by atoms with Gasteiger partial charge in [-0.25, -0.2) is 4.98 Å². The molecule has 0 bridgehead atoms. The summed E-state index contributed by atoms with van der Waals surface area (Å²) < 4.78 is 0. The molecule has 3 aromatic heterocycles. The molecule has 0 saturated heterocycles. The van der Waals surface area contributed by atoms with Crippen molar-refractivity contribution in [3.63, 3.8) is 0 Å². The van der Waals surface area contributed by atoms with Crippen LogP contribution in [0, 0.1) is 20.8 Å². The van der Waals surface area contributed by atoms with Gasteiger partial charge in [-0.05, 0) is 78.6 Å². The Hall–Kier alpha value is -2.96. The highest BCUT2D eigenvalue weighted by atomic mass is 32.1. The summed E-state index contributed by atoms with van der Waals surface area (Å²) in [7, 11) is 0. The molecule has 1 aromatic carbocycles. The predicted octanol–water partition coefficient (Wildman–Crippen LogP) is 6.58. The summed E-state index contributed by atoms with van der Waals surface area (Å²) in [5.41, 5.74) is 5.21. The molecule has 0 spiro atoms. The first-order valence-electron chi connectivity index (χ1n) is 9.70. The monoisotopic (exact) mass is 433 g/mol. The molecule has 4 aromatic rings. The van der Waals surface area contributed by atoms with Crippen molar-refractivity contribution in [1.29, 1.82) is 0 Å². The summed E-state index contributed by atoms with van der Waals surface area (Å²) in [5, 5.41) is 11.8. The summed E-state index contributed by atoms with van der Waals surface area (Å²) in [5.74, 6) is 0.714. The van der Waals surface area contributed by atoms with Crippen LogP contribution in [0.3, 0.4) is 0 Å². The summed E-state index contributed by atoms with van der Waals surface area (Å²) >= 11 is 3.28. The number of carbonyl (C=O) groups excluding carboxylic acids is 1. The van der Waals surface area contributed by atoms with Crippen LogP contribution >= 0.6 is 22.7 Å². The van der Waals surface area contributed by atoms with Crippen molar-refractivity contribution in [3.05, 3.63) is 98.2 Å². The van der Waals surface area contributed by atoms with E-state index in [1.165, 1.54) is 10.4 Å². The van der Waals surface area contributed by atoms with Gasteiger partial charge in [-0.1, -0.05) is 18.2 Å². The number of pyridine rings is 1. The van der Waals surface area contributed by atoms with Crippen molar-refractivity contribution >= 4 is 39.4 Å². The molecule has 152 valence electrons. The number of hydrogen-bond donors (Lipinski definition) is 2. The Balaban J connectivity index is 1.74. The third-order valence-electron chi connectivity index (χ3n) is 5.07. The van der Waals surface area contributed by atoms with Gasteiger partial charge in [0.15, 0.2) is 0 Å². The minimum absolute atomic E-state index is 0.101. The lowest BCUT2D eigenvalue weighted by atomic mass is 9.98. The maximum atomic E-state index is 12.9. The lowest BCUT2D eigenvalue weighted by Gasteiger charge is -2.21. The minimum Gasteiger partial charge on any atom is -0.359 e. The summed E-state index contributed by atoms with van der Waals surface area (Å²) in [6, 6.07) is 15.3. The zero-order valence-corrected chi connectivity index (χ0v) is 18.7. The van der Waals surface area contributed by atoms with Crippen LogP contribution in [0.25, 0.3) is 0 Å². The largest absolute Gasteiger partial charge is 0.359 e. The van der Waals surface area contributed by atoms with E-state index in [4.69, 9.17) is 0 Å². The molecule has 0 saturated carbocycles. The van der Waals surface area contributed by atoms with Crippen LogP contribution in [-0.4, -0.2) is 10.9 Å². The van der Waals surface area contributed by atoms with Gasteiger partial charge in [0, 0.05) is 22.2 Å². The quantitative estimate of drug-likeness (QED) is 0.361. The van der Waals surface area contributed by atoms with Gasteiger partial charge in [0.05, 0.1) is 6.04 Å². The molecule has 0 fully saturated rings. The molecule has 0 aliphatic rings. The zero-order valence-electron chi connectivity index (χ0n) is 17.1. The third kappa shape index (κ3) is 4.30. The van der Waals surface area contributed by atoms with Gasteiger partial charge in [0.2, 0.25) is 0 Å².